The Labute approximate surface area is 118 Å². The minimum atomic E-state index is 0.302. The molecule has 0 aliphatic carbocycles. The van der Waals surface area contributed by atoms with Gasteiger partial charge in [-0.15, -0.1) is 11.3 Å². The van der Waals surface area contributed by atoms with E-state index in [1.54, 1.807) is 11.3 Å². The molecule has 2 rings (SSSR count). The molecule has 1 heterocycles. The third-order valence-corrected chi connectivity index (χ3v) is 4.09. The Bertz CT molecular complexity index is 590. The van der Waals surface area contributed by atoms with Gasteiger partial charge in [-0.05, 0) is 32.9 Å². The van der Waals surface area contributed by atoms with Crippen LogP contribution < -0.4 is 5.32 Å². The van der Waals surface area contributed by atoms with E-state index >= 15 is 0 Å². The van der Waals surface area contributed by atoms with Gasteiger partial charge in [-0.25, -0.2) is 4.98 Å². The molecular weight excluding hydrogens is 252 g/mol. The summed E-state index contributed by atoms with van der Waals surface area (Å²) < 4.78 is 0. The molecule has 1 aromatic heterocycles. The maximum Gasteiger partial charge on any atom is 0.0900 e. The maximum absolute atomic E-state index is 4.45. The molecule has 0 fully saturated rings. The number of aryl methyl sites for hydroxylation is 2. The third-order valence-electron chi connectivity index (χ3n) is 2.84. The van der Waals surface area contributed by atoms with Gasteiger partial charge in [0.2, 0.25) is 0 Å². The Morgan fingerprint density at radius 2 is 2.00 bits per heavy atom. The SMILES string of the molecule is Cc1nc(C)c(C(C)NCC#Cc2ccccc2)s1. The van der Waals surface area contributed by atoms with Gasteiger partial charge in [-0.1, -0.05) is 30.0 Å². The lowest BCUT2D eigenvalue weighted by Crippen LogP contribution is -2.18. The summed E-state index contributed by atoms with van der Waals surface area (Å²) in [5.41, 5.74) is 2.18. The number of benzene rings is 1. The summed E-state index contributed by atoms with van der Waals surface area (Å²) in [5, 5.41) is 4.54. The molecular formula is C16H18N2S. The molecule has 2 aromatic rings. The largest absolute Gasteiger partial charge is 0.299 e. The number of hydrogen-bond donors (Lipinski definition) is 1. The second-order valence-electron chi connectivity index (χ2n) is 4.45. The summed E-state index contributed by atoms with van der Waals surface area (Å²) in [6, 6.07) is 10.4. The summed E-state index contributed by atoms with van der Waals surface area (Å²) in [4.78, 5) is 5.76. The van der Waals surface area contributed by atoms with Crippen LogP contribution >= 0.6 is 11.3 Å². The average Bonchev–Trinajstić information content (AvgIpc) is 2.75. The van der Waals surface area contributed by atoms with E-state index < -0.39 is 0 Å². The normalized spacial score (nSPS) is 11.7. The van der Waals surface area contributed by atoms with E-state index in [9.17, 15) is 0 Å². The smallest absolute Gasteiger partial charge is 0.0900 e. The van der Waals surface area contributed by atoms with E-state index in [1.807, 2.05) is 37.3 Å². The molecule has 0 aliphatic heterocycles. The first-order chi connectivity index (χ1) is 9.16. The van der Waals surface area contributed by atoms with Gasteiger partial charge < -0.3 is 0 Å². The van der Waals surface area contributed by atoms with Crippen LogP contribution in [0.1, 0.15) is 34.1 Å². The molecule has 1 aromatic carbocycles. The standard InChI is InChI=1S/C16H18N2S/c1-12(16-13(2)18-14(3)19-16)17-11-7-10-15-8-5-4-6-9-15/h4-6,8-9,12,17H,11H2,1-3H3. The van der Waals surface area contributed by atoms with Crippen LogP contribution in [0.2, 0.25) is 0 Å². The van der Waals surface area contributed by atoms with Crippen LogP contribution in [0.25, 0.3) is 0 Å². The zero-order valence-corrected chi connectivity index (χ0v) is 12.3. The van der Waals surface area contributed by atoms with Crippen LogP contribution in [0.4, 0.5) is 0 Å². The van der Waals surface area contributed by atoms with Crippen molar-refractivity contribution in [3.05, 3.63) is 51.5 Å². The van der Waals surface area contributed by atoms with Crippen molar-refractivity contribution in [3.63, 3.8) is 0 Å². The number of nitrogens with zero attached hydrogens (tertiary/aromatic N) is 1. The summed E-state index contributed by atoms with van der Waals surface area (Å²) in [7, 11) is 0. The number of thiazole rings is 1. The third kappa shape index (κ3) is 3.92. The molecule has 0 aliphatic rings. The topological polar surface area (TPSA) is 24.9 Å². The van der Waals surface area contributed by atoms with Gasteiger partial charge in [-0.3, -0.25) is 5.32 Å². The summed E-state index contributed by atoms with van der Waals surface area (Å²) in [6.45, 7) is 6.95. The van der Waals surface area contributed by atoms with Crippen molar-refractivity contribution < 1.29 is 0 Å². The second kappa shape index (κ2) is 6.51. The van der Waals surface area contributed by atoms with Crippen molar-refractivity contribution in [1.82, 2.24) is 10.3 Å². The summed E-state index contributed by atoms with van der Waals surface area (Å²) in [5.74, 6) is 6.30. The van der Waals surface area contributed by atoms with Crippen LogP contribution in [0.5, 0.6) is 0 Å². The fourth-order valence-corrected chi connectivity index (χ4v) is 2.87. The molecule has 0 saturated heterocycles. The van der Waals surface area contributed by atoms with Gasteiger partial charge in [-0.2, -0.15) is 0 Å². The maximum atomic E-state index is 4.45. The van der Waals surface area contributed by atoms with Gasteiger partial charge in [0.1, 0.15) is 0 Å². The molecule has 0 saturated carbocycles. The monoisotopic (exact) mass is 270 g/mol. The van der Waals surface area contributed by atoms with Gasteiger partial charge in [0, 0.05) is 16.5 Å². The molecule has 3 heteroatoms. The van der Waals surface area contributed by atoms with E-state index in [0.29, 0.717) is 12.6 Å². The van der Waals surface area contributed by atoms with E-state index in [1.165, 1.54) is 4.88 Å². The van der Waals surface area contributed by atoms with Crippen molar-refractivity contribution in [1.29, 1.82) is 0 Å². The Balaban J connectivity index is 1.90. The first-order valence-electron chi connectivity index (χ1n) is 6.38. The van der Waals surface area contributed by atoms with Crippen molar-refractivity contribution >= 4 is 11.3 Å². The van der Waals surface area contributed by atoms with Gasteiger partial charge >= 0.3 is 0 Å². The van der Waals surface area contributed by atoms with Crippen molar-refractivity contribution in [2.24, 2.45) is 0 Å². The predicted molar refractivity (Wildman–Crippen MR) is 81.3 cm³/mol. The van der Waals surface area contributed by atoms with Crippen molar-refractivity contribution in [2.75, 3.05) is 6.54 Å². The number of hydrogen-bond acceptors (Lipinski definition) is 3. The molecule has 98 valence electrons. The fourth-order valence-electron chi connectivity index (χ4n) is 1.91. The van der Waals surface area contributed by atoms with E-state index in [-0.39, 0.29) is 0 Å². The number of nitrogens with one attached hydrogen (secondary N) is 1. The highest BCUT2D eigenvalue weighted by Gasteiger charge is 2.11. The zero-order valence-electron chi connectivity index (χ0n) is 11.5. The predicted octanol–water partition coefficient (Wildman–Crippen LogP) is 3.46. The first-order valence-corrected chi connectivity index (χ1v) is 7.19. The Kier molecular flexibility index (Phi) is 4.73. The van der Waals surface area contributed by atoms with E-state index in [4.69, 9.17) is 0 Å². The summed E-state index contributed by atoms with van der Waals surface area (Å²) in [6.07, 6.45) is 0. The minimum absolute atomic E-state index is 0.302. The lowest BCUT2D eigenvalue weighted by atomic mass is 10.2. The van der Waals surface area contributed by atoms with Crippen LogP contribution in [-0.2, 0) is 0 Å². The van der Waals surface area contributed by atoms with Gasteiger partial charge in [0.25, 0.3) is 0 Å². The number of rotatable bonds is 3. The summed E-state index contributed by atoms with van der Waals surface area (Å²) >= 11 is 1.76. The quantitative estimate of drug-likeness (QED) is 0.864. The molecule has 0 spiro atoms. The zero-order chi connectivity index (χ0) is 13.7. The number of aromatic nitrogens is 1. The van der Waals surface area contributed by atoms with E-state index in [0.717, 1.165) is 16.3 Å². The highest BCUT2D eigenvalue weighted by Crippen LogP contribution is 2.23. The van der Waals surface area contributed by atoms with E-state index in [2.05, 4.69) is 36.0 Å². The Morgan fingerprint density at radius 1 is 1.26 bits per heavy atom. The van der Waals surface area contributed by atoms with Crippen molar-refractivity contribution in [2.45, 2.75) is 26.8 Å². The minimum Gasteiger partial charge on any atom is -0.299 e. The van der Waals surface area contributed by atoms with Crippen LogP contribution in [0.15, 0.2) is 30.3 Å². The highest BCUT2D eigenvalue weighted by atomic mass is 32.1. The Hall–Kier alpha value is -1.63. The molecule has 0 amide bonds. The molecule has 1 atom stereocenters. The van der Waals surface area contributed by atoms with Gasteiger partial charge in [0.15, 0.2) is 0 Å². The molecule has 1 unspecified atom stereocenters. The second-order valence-corrected chi connectivity index (χ2v) is 5.69. The van der Waals surface area contributed by atoms with Crippen LogP contribution in [-0.4, -0.2) is 11.5 Å². The fraction of sp³-hybridized carbons (Fsp3) is 0.312. The Morgan fingerprint density at radius 3 is 2.63 bits per heavy atom. The van der Waals surface area contributed by atoms with Crippen LogP contribution in [0, 0.1) is 25.7 Å². The van der Waals surface area contributed by atoms with Gasteiger partial charge in [0.05, 0.1) is 17.2 Å². The molecule has 2 nitrogen and oxygen atoms in total. The first kappa shape index (κ1) is 13.8. The van der Waals surface area contributed by atoms with Crippen LogP contribution in [0.3, 0.4) is 0 Å². The molecule has 0 bridgehead atoms. The molecule has 1 N–H and O–H groups in total. The van der Waals surface area contributed by atoms with Crippen molar-refractivity contribution in [3.8, 4) is 11.8 Å². The molecule has 19 heavy (non-hydrogen) atoms. The lowest BCUT2D eigenvalue weighted by molar-refractivity contribution is 0.629. The highest BCUT2D eigenvalue weighted by molar-refractivity contribution is 7.11. The molecule has 0 radical (unpaired) electrons. The average molecular weight is 270 g/mol. The lowest BCUT2D eigenvalue weighted by Gasteiger charge is -2.09.